The number of hydrogen-bond acceptors (Lipinski definition) is 6. The second-order valence-electron chi connectivity index (χ2n) is 13.1. The molecule has 1 unspecified atom stereocenters. The van der Waals surface area contributed by atoms with E-state index in [1.807, 2.05) is 0 Å². The molecule has 0 saturated carbocycles. The molecule has 3 aromatic carbocycles. The van der Waals surface area contributed by atoms with Crippen LogP contribution in [0.5, 0.6) is 5.75 Å². The van der Waals surface area contributed by atoms with E-state index in [-0.39, 0.29) is 62.8 Å². The van der Waals surface area contributed by atoms with Gasteiger partial charge in [-0.1, -0.05) is 12.1 Å². The van der Waals surface area contributed by atoms with Crippen LogP contribution in [0.15, 0.2) is 60.7 Å². The van der Waals surface area contributed by atoms with Crippen molar-refractivity contribution in [1.82, 2.24) is 20.0 Å². The Morgan fingerprint density at radius 2 is 1.47 bits per heavy atom. The van der Waals surface area contributed by atoms with Crippen LogP contribution in [-0.2, 0) is 11.2 Å². The Kier molecular flexibility index (Phi) is 10.7. The molecule has 260 valence electrons. The lowest BCUT2D eigenvalue weighted by Gasteiger charge is -2.35. The van der Waals surface area contributed by atoms with Crippen molar-refractivity contribution in [2.24, 2.45) is 0 Å². The molecule has 0 radical (unpaired) electrons. The van der Waals surface area contributed by atoms with Crippen LogP contribution in [0.2, 0.25) is 0 Å². The third-order valence-electron chi connectivity index (χ3n) is 8.23. The predicted molar refractivity (Wildman–Crippen MR) is 177 cm³/mol. The maximum Gasteiger partial charge on any atom is 0.407 e. The lowest BCUT2D eigenvalue weighted by atomic mass is 10.0. The maximum atomic E-state index is 14.5. The molecule has 13 heteroatoms. The lowest BCUT2D eigenvalue weighted by Crippen LogP contribution is -2.50. The Bertz CT molecular complexity index is 1700. The number of halogens is 2. The predicted octanol–water partition coefficient (Wildman–Crippen LogP) is 5.43. The van der Waals surface area contributed by atoms with Crippen molar-refractivity contribution < 1.29 is 42.5 Å². The summed E-state index contributed by atoms with van der Waals surface area (Å²) in [6.45, 7) is 7.01. The Hall–Kier alpha value is -5.20. The summed E-state index contributed by atoms with van der Waals surface area (Å²) in [6.07, 6.45) is -1.16. The molecule has 2 fully saturated rings. The molecule has 0 aromatic heterocycles. The summed E-state index contributed by atoms with van der Waals surface area (Å²) in [7, 11) is 0. The van der Waals surface area contributed by atoms with Gasteiger partial charge < -0.3 is 34.6 Å². The Balaban J connectivity index is 1.22. The fourth-order valence-corrected chi connectivity index (χ4v) is 5.82. The van der Waals surface area contributed by atoms with Crippen LogP contribution in [0.25, 0.3) is 11.1 Å². The minimum Gasteiger partial charge on any atom is -0.488 e. The topological polar surface area (TPSA) is 129 Å². The summed E-state index contributed by atoms with van der Waals surface area (Å²) in [5, 5.41) is 11.9. The number of carbonyl (C=O) groups excluding carboxylic acids is 3. The van der Waals surface area contributed by atoms with Crippen molar-refractivity contribution >= 4 is 24.0 Å². The molecule has 5 rings (SSSR count). The molecule has 2 N–H and O–H groups in total. The quantitative estimate of drug-likeness (QED) is 0.325. The number of hydrogen-bond donors (Lipinski definition) is 2. The zero-order chi connectivity index (χ0) is 35.3. The Morgan fingerprint density at radius 3 is 2.08 bits per heavy atom. The zero-order valence-electron chi connectivity index (χ0n) is 27.7. The van der Waals surface area contributed by atoms with Gasteiger partial charge in [0, 0.05) is 62.4 Å². The van der Waals surface area contributed by atoms with Crippen molar-refractivity contribution in [2.75, 3.05) is 45.8 Å². The highest BCUT2D eigenvalue weighted by atomic mass is 19.1. The Morgan fingerprint density at radius 1 is 0.816 bits per heavy atom. The van der Waals surface area contributed by atoms with Crippen LogP contribution in [-0.4, -0.2) is 101 Å². The van der Waals surface area contributed by atoms with E-state index in [0.29, 0.717) is 47.4 Å². The van der Waals surface area contributed by atoms with Crippen LogP contribution >= 0.6 is 0 Å². The summed E-state index contributed by atoms with van der Waals surface area (Å²) in [5.41, 5.74) is 1.65. The first-order chi connectivity index (χ1) is 23.3. The lowest BCUT2D eigenvalue weighted by molar-refractivity contribution is 0.0527. The number of likely N-dealkylation sites (tertiary alicyclic amines) is 1. The first kappa shape index (κ1) is 35.1. The number of piperazine rings is 1. The van der Waals surface area contributed by atoms with E-state index in [0.717, 1.165) is 0 Å². The van der Waals surface area contributed by atoms with Gasteiger partial charge in [0.25, 0.3) is 11.8 Å². The van der Waals surface area contributed by atoms with Crippen molar-refractivity contribution in [3.05, 3.63) is 89.0 Å². The highest BCUT2D eigenvalue weighted by Gasteiger charge is 2.30. The van der Waals surface area contributed by atoms with Crippen molar-refractivity contribution in [3.8, 4) is 16.9 Å². The van der Waals surface area contributed by atoms with Gasteiger partial charge in [0.1, 0.15) is 29.1 Å². The average Bonchev–Trinajstić information content (AvgIpc) is 3.53. The van der Waals surface area contributed by atoms with E-state index < -0.39 is 29.4 Å². The summed E-state index contributed by atoms with van der Waals surface area (Å²) in [4.78, 5) is 54.8. The van der Waals surface area contributed by atoms with E-state index in [1.165, 1.54) is 29.2 Å². The van der Waals surface area contributed by atoms with Gasteiger partial charge >= 0.3 is 12.2 Å². The summed E-state index contributed by atoms with van der Waals surface area (Å²) < 4.78 is 39.6. The minimum atomic E-state index is -1.02. The standard InChI is InChI=1S/C36H40F2N4O7/c1-36(2,3)49-34(45)39-12-10-23-18-26(20-28(38)19-23)33(44)41-16-14-40(15-17-41)32(43)25-6-9-31(48-29-11-13-42(22-29)35(46)47)30(21-25)24-4-7-27(37)8-5-24/h4-9,18-21,29H,10-17,22H2,1-3H3,(H,39,45)(H,46,47). The first-order valence-electron chi connectivity index (χ1n) is 16.1. The average molecular weight is 679 g/mol. The molecule has 49 heavy (non-hydrogen) atoms. The van der Waals surface area contributed by atoms with Gasteiger partial charge in [0.15, 0.2) is 0 Å². The summed E-state index contributed by atoms with van der Waals surface area (Å²) in [6, 6.07) is 14.9. The minimum absolute atomic E-state index is 0.181. The van der Waals surface area contributed by atoms with E-state index in [2.05, 4.69) is 5.32 Å². The van der Waals surface area contributed by atoms with Gasteiger partial charge in [-0.3, -0.25) is 9.59 Å². The second kappa shape index (κ2) is 14.9. The highest BCUT2D eigenvalue weighted by Crippen LogP contribution is 2.34. The monoisotopic (exact) mass is 678 g/mol. The molecule has 0 bridgehead atoms. The van der Waals surface area contributed by atoms with E-state index in [1.54, 1.807) is 67.0 Å². The molecular weight excluding hydrogens is 638 g/mol. The van der Waals surface area contributed by atoms with Crippen LogP contribution in [0.4, 0.5) is 18.4 Å². The highest BCUT2D eigenvalue weighted by molar-refractivity contribution is 5.97. The SMILES string of the molecule is CC(C)(C)OC(=O)NCCc1cc(F)cc(C(=O)N2CCN(C(=O)c3ccc(OC4CCN(C(=O)O)C4)c(-c4ccc(F)cc4)c3)CC2)c1. The van der Waals surface area contributed by atoms with Crippen molar-refractivity contribution in [3.63, 3.8) is 0 Å². The molecule has 1 atom stereocenters. The van der Waals surface area contributed by atoms with E-state index in [4.69, 9.17) is 9.47 Å². The van der Waals surface area contributed by atoms with Crippen LogP contribution in [0.3, 0.4) is 0 Å². The van der Waals surface area contributed by atoms with Gasteiger partial charge in [-0.05, 0) is 86.8 Å². The number of carbonyl (C=O) groups is 4. The number of alkyl carbamates (subject to hydrolysis) is 1. The van der Waals surface area contributed by atoms with Crippen LogP contribution < -0.4 is 10.1 Å². The van der Waals surface area contributed by atoms with Gasteiger partial charge in [-0.25, -0.2) is 18.4 Å². The zero-order valence-corrected chi connectivity index (χ0v) is 27.7. The van der Waals surface area contributed by atoms with Gasteiger partial charge in [-0.2, -0.15) is 0 Å². The van der Waals surface area contributed by atoms with Crippen molar-refractivity contribution in [2.45, 2.75) is 45.3 Å². The van der Waals surface area contributed by atoms with Crippen LogP contribution in [0, 0.1) is 11.6 Å². The number of rotatable bonds is 8. The third kappa shape index (κ3) is 9.24. The number of carboxylic acid groups (broad SMARTS) is 1. The normalized spacial score (nSPS) is 16.3. The third-order valence-corrected chi connectivity index (χ3v) is 8.23. The molecule has 4 amide bonds. The molecule has 0 spiro atoms. The Labute approximate surface area is 283 Å². The second-order valence-corrected chi connectivity index (χ2v) is 13.1. The molecule has 2 saturated heterocycles. The summed E-state index contributed by atoms with van der Waals surface area (Å²) >= 11 is 0. The maximum absolute atomic E-state index is 14.5. The number of ether oxygens (including phenoxy) is 2. The molecule has 3 aromatic rings. The molecule has 11 nitrogen and oxygen atoms in total. The number of benzene rings is 3. The smallest absolute Gasteiger partial charge is 0.407 e. The van der Waals surface area contributed by atoms with Crippen LogP contribution in [0.1, 0.15) is 53.5 Å². The van der Waals surface area contributed by atoms with Crippen molar-refractivity contribution in [1.29, 1.82) is 0 Å². The fraction of sp³-hybridized carbons (Fsp3) is 0.389. The number of nitrogens with zero attached hydrogens (tertiary/aromatic N) is 3. The first-order valence-corrected chi connectivity index (χ1v) is 16.1. The van der Waals surface area contributed by atoms with Gasteiger partial charge in [0.2, 0.25) is 0 Å². The number of amides is 4. The fourth-order valence-electron chi connectivity index (χ4n) is 5.82. The van der Waals surface area contributed by atoms with Gasteiger partial charge in [0.05, 0.1) is 6.54 Å². The largest absolute Gasteiger partial charge is 0.488 e. The molecule has 2 aliphatic rings. The molecule has 2 heterocycles. The molecule has 2 aliphatic heterocycles. The number of nitrogens with one attached hydrogen (secondary N) is 1. The molecular formula is C36H40F2N4O7. The summed E-state index contributed by atoms with van der Waals surface area (Å²) in [5.74, 6) is -1.15. The van der Waals surface area contributed by atoms with Gasteiger partial charge in [-0.15, -0.1) is 0 Å². The van der Waals surface area contributed by atoms with E-state index >= 15 is 0 Å². The van der Waals surface area contributed by atoms with E-state index in [9.17, 15) is 33.1 Å². The molecule has 0 aliphatic carbocycles.